The summed E-state index contributed by atoms with van der Waals surface area (Å²) in [6, 6.07) is 0. The van der Waals surface area contributed by atoms with Crippen LogP contribution in [-0.2, 0) is 19.5 Å². The van der Waals surface area contributed by atoms with Gasteiger partial charge in [-0.15, -0.1) is 0 Å². The number of nitrogens with zero attached hydrogens (tertiary/aromatic N) is 5. The van der Waals surface area contributed by atoms with Crippen molar-refractivity contribution in [2.24, 2.45) is 0 Å². The lowest BCUT2D eigenvalue weighted by Gasteiger charge is -2.18. The quantitative estimate of drug-likeness (QED) is 0.819. The van der Waals surface area contributed by atoms with E-state index in [1.807, 2.05) is 0 Å². The lowest BCUT2D eigenvalue weighted by molar-refractivity contribution is 0.270. The van der Waals surface area contributed by atoms with E-state index in [2.05, 4.69) is 26.5 Å². The predicted molar refractivity (Wildman–Crippen MR) is 92.2 cm³/mol. The van der Waals surface area contributed by atoms with Crippen LogP contribution in [-0.4, -0.2) is 38.0 Å². The number of rotatable bonds is 3. The topological polar surface area (TPSA) is 93.1 Å². The molecule has 0 bridgehead atoms. The summed E-state index contributed by atoms with van der Waals surface area (Å²) >= 11 is 6.24. The van der Waals surface area contributed by atoms with Gasteiger partial charge in [0.1, 0.15) is 11.0 Å². The van der Waals surface area contributed by atoms with Crippen molar-refractivity contribution in [2.45, 2.75) is 45.2 Å². The van der Waals surface area contributed by atoms with Crippen molar-refractivity contribution in [1.29, 1.82) is 0 Å². The van der Waals surface area contributed by atoms with E-state index >= 15 is 0 Å². The number of aliphatic hydroxyl groups excluding tert-OH is 1. The molecule has 3 N–H and O–H groups in total. The van der Waals surface area contributed by atoms with Crippen LogP contribution < -0.4 is 10.6 Å². The minimum atomic E-state index is -0.0920. The molecule has 0 radical (unpaired) electrons. The van der Waals surface area contributed by atoms with Crippen molar-refractivity contribution in [1.82, 2.24) is 19.7 Å². The van der Waals surface area contributed by atoms with E-state index in [4.69, 9.17) is 22.4 Å². The molecule has 1 unspecified atom stereocenters. The Labute approximate surface area is 145 Å². The molecule has 128 valence electrons. The van der Waals surface area contributed by atoms with Gasteiger partial charge in [-0.05, 0) is 31.7 Å². The fraction of sp³-hybridized carbons (Fsp3) is 0.562. The van der Waals surface area contributed by atoms with Gasteiger partial charge >= 0.3 is 0 Å². The summed E-state index contributed by atoms with van der Waals surface area (Å²) in [6.07, 6.45) is 3.51. The number of hydrogen-bond acceptors (Lipinski definition) is 6. The highest BCUT2D eigenvalue weighted by atomic mass is 35.5. The summed E-state index contributed by atoms with van der Waals surface area (Å²) < 4.78 is 2.13. The molecule has 2 aromatic rings. The number of anilines is 2. The first-order valence-electron chi connectivity index (χ1n) is 8.32. The number of fused-ring (bicyclic) bond motifs is 2. The molecule has 0 amide bonds. The number of halogens is 1. The first-order valence-corrected chi connectivity index (χ1v) is 8.70. The number of nitrogens with two attached hydrogens (primary N) is 1. The molecule has 0 saturated carbocycles. The molecule has 0 saturated heterocycles. The summed E-state index contributed by atoms with van der Waals surface area (Å²) in [7, 11) is 0. The summed E-state index contributed by atoms with van der Waals surface area (Å²) in [5.74, 6) is 0.783. The number of nitrogen functional groups attached to an aromatic ring is 1. The first-order chi connectivity index (χ1) is 11.6. The third kappa shape index (κ3) is 2.43. The van der Waals surface area contributed by atoms with Crippen LogP contribution >= 0.6 is 11.6 Å². The SMILES string of the molecule is Cc1c(CN2CC(CO)c3c(Cl)nc(N)nc32)nn2c1CCCC2. The van der Waals surface area contributed by atoms with E-state index in [9.17, 15) is 5.11 Å². The highest BCUT2D eigenvalue weighted by Gasteiger charge is 2.34. The van der Waals surface area contributed by atoms with E-state index in [0.29, 0.717) is 18.2 Å². The van der Waals surface area contributed by atoms with Crippen LogP contribution in [0.1, 0.15) is 41.3 Å². The molecule has 7 nitrogen and oxygen atoms in total. The van der Waals surface area contributed by atoms with Crippen LogP contribution in [0, 0.1) is 6.92 Å². The van der Waals surface area contributed by atoms with Gasteiger partial charge in [-0.25, -0.2) is 4.98 Å². The van der Waals surface area contributed by atoms with Crippen molar-refractivity contribution in [3.8, 4) is 0 Å². The average Bonchev–Trinajstić information content (AvgIpc) is 3.07. The second kappa shape index (κ2) is 5.89. The van der Waals surface area contributed by atoms with Gasteiger partial charge in [0.2, 0.25) is 5.95 Å². The zero-order valence-electron chi connectivity index (χ0n) is 13.7. The van der Waals surface area contributed by atoms with Gasteiger partial charge in [0, 0.05) is 30.3 Å². The van der Waals surface area contributed by atoms with Crippen LogP contribution in [0.4, 0.5) is 11.8 Å². The average molecular weight is 349 g/mol. The van der Waals surface area contributed by atoms with Gasteiger partial charge in [0.05, 0.1) is 18.8 Å². The van der Waals surface area contributed by atoms with Crippen molar-refractivity contribution in [2.75, 3.05) is 23.8 Å². The highest BCUT2D eigenvalue weighted by Crippen LogP contribution is 2.39. The molecule has 2 aliphatic rings. The van der Waals surface area contributed by atoms with Crippen LogP contribution in [0.25, 0.3) is 0 Å². The van der Waals surface area contributed by atoms with Crippen LogP contribution in [0.5, 0.6) is 0 Å². The van der Waals surface area contributed by atoms with Gasteiger partial charge in [-0.1, -0.05) is 11.6 Å². The van der Waals surface area contributed by atoms with Crippen molar-refractivity contribution in [3.05, 3.63) is 27.7 Å². The maximum absolute atomic E-state index is 9.69. The Kier molecular flexibility index (Phi) is 3.85. The highest BCUT2D eigenvalue weighted by molar-refractivity contribution is 6.30. The molecular weight excluding hydrogens is 328 g/mol. The largest absolute Gasteiger partial charge is 0.396 e. The lowest BCUT2D eigenvalue weighted by Crippen LogP contribution is -2.23. The second-order valence-corrected chi connectivity index (χ2v) is 6.93. The molecule has 4 heterocycles. The standard InChI is InChI=1S/C16H21ClN6O/c1-9-11(21-23-5-3-2-4-12(9)23)7-22-6-10(8-24)13-14(17)19-16(18)20-15(13)22/h10,24H,2-8H2,1H3,(H2,18,19,20). The summed E-state index contributed by atoms with van der Waals surface area (Å²) in [5, 5.41) is 14.8. The molecule has 0 spiro atoms. The van der Waals surface area contributed by atoms with Crippen LogP contribution in [0.2, 0.25) is 5.15 Å². The van der Waals surface area contributed by atoms with E-state index in [-0.39, 0.29) is 18.5 Å². The van der Waals surface area contributed by atoms with E-state index in [1.54, 1.807) is 0 Å². The Balaban J connectivity index is 1.69. The van der Waals surface area contributed by atoms with Crippen LogP contribution in [0.15, 0.2) is 0 Å². The number of aliphatic hydroxyl groups is 1. The first kappa shape index (κ1) is 15.7. The maximum Gasteiger partial charge on any atom is 0.223 e. The molecule has 0 aliphatic carbocycles. The van der Waals surface area contributed by atoms with Gasteiger partial charge in [0.15, 0.2) is 0 Å². The van der Waals surface area contributed by atoms with Gasteiger partial charge < -0.3 is 15.7 Å². The monoisotopic (exact) mass is 348 g/mol. The molecule has 8 heteroatoms. The smallest absolute Gasteiger partial charge is 0.223 e. The van der Waals surface area contributed by atoms with E-state index in [0.717, 1.165) is 30.0 Å². The zero-order valence-corrected chi connectivity index (χ0v) is 14.4. The Morgan fingerprint density at radius 3 is 2.92 bits per heavy atom. The number of aromatic nitrogens is 4. The maximum atomic E-state index is 9.69. The molecule has 1 atom stereocenters. The molecule has 2 aromatic heterocycles. The van der Waals surface area contributed by atoms with Gasteiger partial charge in [-0.2, -0.15) is 10.1 Å². The summed E-state index contributed by atoms with van der Waals surface area (Å²) in [5.41, 5.74) is 10.2. The van der Waals surface area contributed by atoms with E-state index in [1.165, 1.54) is 24.1 Å². The molecular formula is C16H21ClN6O. The Bertz CT molecular complexity index is 789. The molecule has 0 aromatic carbocycles. The van der Waals surface area contributed by atoms with Gasteiger partial charge in [-0.3, -0.25) is 4.68 Å². The fourth-order valence-corrected chi connectivity index (χ4v) is 4.12. The van der Waals surface area contributed by atoms with E-state index < -0.39 is 0 Å². The Morgan fingerprint density at radius 1 is 1.33 bits per heavy atom. The minimum absolute atomic E-state index is 0.00910. The third-order valence-corrected chi connectivity index (χ3v) is 5.35. The van der Waals surface area contributed by atoms with Crippen molar-refractivity contribution < 1.29 is 5.11 Å². The second-order valence-electron chi connectivity index (χ2n) is 6.57. The Hall–Kier alpha value is -1.86. The lowest BCUT2D eigenvalue weighted by atomic mass is 10.1. The fourth-order valence-electron chi connectivity index (χ4n) is 3.80. The number of hydrogen-bond donors (Lipinski definition) is 2. The normalized spacial score (nSPS) is 19.5. The van der Waals surface area contributed by atoms with Crippen molar-refractivity contribution >= 4 is 23.4 Å². The minimum Gasteiger partial charge on any atom is -0.396 e. The molecule has 24 heavy (non-hydrogen) atoms. The molecule has 2 aliphatic heterocycles. The van der Waals surface area contributed by atoms with Crippen LogP contribution in [0.3, 0.4) is 0 Å². The molecule has 4 rings (SSSR count). The van der Waals surface area contributed by atoms with Crippen molar-refractivity contribution in [3.63, 3.8) is 0 Å². The molecule has 0 fully saturated rings. The Morgan fingerprint density at radius 2 is 2.17 bits per heavy atom. The zero-order chi connectivity index (χ0) is 16.8. The summed E-state index contributed by atoms with van der Waals surface area (Å²) in [6.45, 7) is 4.43. The number of aryl methyl sites for hydroxylation is 1. The summed E-state index contributed by atoms with van der Waals surface area (Å²) in [4.78, 5) is 10.5. The predicted octanol–water partition coefficient (Wildman–Crippen LogP) is 1.65. The third-order valence-electron chi connectivity index (χ3n) is 5.06. The van der Waals surface area contributed by atoms with Gasteiger partial charge in [0.25, 0.3) is 0 Å².